The summed E-state index contributed by atoms with van der Waals surface area (Å²) in [6.45, 7) is 1.90. The van der Waals surface area contributed by atoms with Gasteiger partial charge in [-0.3, -0.25) is 4.57 Å². The molecule has 0 aliphatic carbocycles. The quantitative estimate of drug-likeness (QED) is 0.749. The van der Waals surface area contributed by atoms with E-state index in [4.69, 9.17) is 5.73 Å². The van der Waals surface area contributed by atoms with Gasteiger partial charge in [-0.2, -0.15) is 0 Å². The van der Waals surface area contributed by atoms with Gasteiger partial charge in [0.2, 0.25) is 5.95 Å². The summed E-state index contributed by atoms with van der Waals surface area (Å²) >= 11 is 3.33. The first kappa shape index (κ1) is 12.1. The largest absolute Gasteiger partial charge is 0.369 e. The molecule has 0 amide bonds. The lowest BCUT2D eigenvalue weighted by Gasteiger charge is -2.08. The number of hydrogen-bond acceptors (Lipinski definition) is 3. The molecule has 2 heterocycles. The van der Waals surface area contributed by atoms with Crippen LogP contribution >= 0.6 is 15.9 Å². The van der Waals surface area contributed by atoms with E-state index >= 15 is 0 Å². The number of aromatic nitrogens is 3. The minimum absolute atomic E-state index is 0.317. The van der Waals surface area contributed by atoms with E-state index in [-0.39, 0.29) is 5.82 Å². The van der Waals surface area contributed by atoms with Crippen LogP contribution in [-0.4, -0.2) is 14.5 Å². The van der Waals surface area contributed by atoms with Gasteiger partial charge in [-0.15, -0.1) is 0 Å². The summed E-state index contributed by atoms with van der Waals surface area (Å²) < 4.78 is 15.5. The van der Waals surface area contributed by atoms with Crippen LogP contribution in [0.5, 0.6) is 0 Å². The number of nitrogen functional groups attached to an aromatic ring is 1. The van der Waals surface area contributed by atoms with Crippen LogP contribution in [-0.2, 0) is 0 Å². The maximum Gasteiger partial charge on any atom is 0.207 e. The van der Waals surface area contributed by atoms with Gasteiger partial charge < -0.3 is 5.73 Å². The summed E-state index contributed by atoms with van der Waals surface area (Å²) in [5.74, 6) is 0.00293. The third kappa shape index (κ3) is 1.98. The minimum atomic E-state index is -0.317. The number of fused-ring (bicyclic) bond motifs is 1. The van der Waals surface area contributed by atoms with Crippen LogP contribution in [0.1, 0.15) is 5.69 Å². The van der Waals surface area contributed by atoms with E-state index in [0.29, 0.717) is 27.3 Å². The predicted octanol–water partition coefficient (Wildman–Crippen LogP) is 3.21. The normalized spacial score (nSPS) is 11.1. The molecule has 0 spiro atoms. The Morgan fingerprint density at radius 3 is 2.74 bits per heavy atom. The van der Waals surface area contributed by atoms with Crippen molar-refractivity contribution in [2.45, 2.75) is 6.92 Å². The molecule has 96 valence electrons. The van der Waals surface area contributed by atoms with Crippen molar-refractivity contribution in [1.82, 2.24) is 14.5 Å². The average Bonchev–Trinajstić information content (AvgIpc) is 2.65. The lowest BCUT2D eigenvalue weighted by molar-refractivity contribution is 0.626. The molecule has 3 rings (SSSR count). The molecule has 2 N–H and O–H groups in total. The number of anilines is 1. The summed E-state index contributed by atoms with van der Waals surface area (Å²) in [4.78, 5) is 8.70. The molecule has 1 aromatic carbocycles. The molecular formula is C13H10BrFN4. The Morgan fingerprint density at radius 2 is 2.00 bits per heavy atom. The van der Waals surface area contributed by atoms with Crippen LogP contribution < -0.4 is 5.73 Å². The van der Waals surface area contributed by atoms with Gasteiger partial charge in [0.05, 0.1) is 5.69 Å². The van der Waals surface area contributed by atoms with Crippen LogP contribution in [0, 0.1) is 12.7 Å². The fourth-order valence-electron chi connectivity index (χ4n) is 1.97. The van der Waals surface area contributed by atoms with Gasteiger partial charge in [-0.1, -0.05) is 0 Å². The summed E-state index contributed by atoms with van der Waals surface area (Å²) in [5, 5.41) is 0. The number of rotatable bonds is 1. The Balaban J connectivity index is 2.35. The van der Waals surface area contributed by atoms with Gasteiger partial charge in [0.15, 0.2) is 5.65 Å². The molecule has 6 heteroatoms. The molecule has 0 saturated heterocycles. The second-order valence-electron chi connectivity index (χ2n) is 4.20. The first-order chi connectivity index (χ1) is 9.06. The van der Waals surface area contributed by atoms with Crippen molar-refractivity contribution in [3.05, 3.63) is 46.3 Å². The first-order valence-electron chi connectivity index (χ1n) is 5.63. The van der Waals surface area contributed by atoms with E-state index in [0.717, 1.165) is 5.69 Å². The predicted molar refractivity (Wildman–Crippen MR) is 75.7 cm³/mol. The third-order valence-corrected chi connectivity index (χ3v) is 3.46. The maximum atomic E-state index is 13.2. The molecule has 0 saturated carbocycles. The lowest BCUT2D eigenvalue weighted by Crippen LogP contribution is -2.02. The summed E-state index contributed by atoms with van der Waals surface area (Å²) in [6, 6.07) is 8.14. The molecule has 0 radical (unpaired) electrons. The number of imidazole rings is 1. The summed E-state index contributed by atoms with van der Waals surface area (Å²) in [7, 11) is 0. The second kappa shape index (κ2) is 4.31. The molecule has 19 heavy (non-hydrogen) atoms. The van der Waals surface area contributed by atoms with E-state index in [9.17, 15) is 4.39 Å². The highest BCUT2D eigenvalue weighted by Crippen LogP contribution is 2.28. The Hall–Kier alpha value is -1.95. The highest BCUT2D eigenvalue weighted by atomic mass is 79.9. The molecular weight excluding hydrogens is 311 g/mol. The fourth-order valence-corrected chi connectivity index (χ4v) is 2.50. The van der Waals surface area contributed by atoms with Crippen molar-refractivity contribution in [3.8, 4) is 5.69 Å². The standard InChI is InChI=1S/C13H10BrFN4/c1-7-2-4-10-12(17-7)19(13(16)18-10)11-5-3-8(15)6-9(11)14/h2-6H,1H3,(H2,16,18). The molecule has 2 aromatic heterocycles. The molecule has 0 unspecified atom stereocenters. The van der Waals surface area contributed by atoms with Crippen molar-refractivity contribution in [2.24, 2.45) is 0 Å². The van der Waals surface area contributed by atoms with E-state index in [2.05, 4.69) is 25.9 Å². The number of nitrogens with zero attached hydrogens (tertiary/aromatic N) is 3. The van der Waals surface area contributed by atoms with Gasteiger partial charge >= 0.3 is 0 Å². The molecule has 3 aromatic rings. The SMILES string of the molecule is Cc1ccc2nc(N)n(-c3ccc(F)cc3Br)c2n1. The van der Waals surface area contributed by atoms with Gasteiger partial charge in [0.25, 0.3) is 0 Å². The van der Waals surface area contributed by atoms with Crippen LogP contribution in [0.3, 0.4) is 0 Å². The zero-order valence-corrected chi connectivity index (χ0v) is 11.6. The molecule has 0 aliphatic rings. The Kier molecular flexibility index (Phi) is 2.74. The number of nitrogens with two attached hydrogens (primary N) is 1. The highest BCUT2D eigenvalue weighted by Gasteiger charge is 2.14. The first-order valence-corrected chi connectivity index (χ1v) is 6.42. The highest BCUT2D eigenvalue weighted by molar-refractivity contribution is 9.10. The molecule has 0 atom stereocenters. The molecule has 0 fully saturated rings. The second-order valence-corrected chi connectivity index (χ2v) is 5.05. The molecule has 0 aliphatic heterocycles. The number of hydrogen-bond donors (Lipinski definition) is 1. The van der Waals surface area contributed by atoms with Crippen LogP contribution in [0.4, 0.5) is 10.3 Å². The van der Waals surface area contributed by atoms with Crippen molar-refractivity contribution in [3.63, 3.8) is 0 Å². The van der Waals surface area contributed by atoms with Crippen molar-refractivity contribution in [1.29, 1.82) is 0 Å². The maximum absolute atomic E-state index is 13.2. The zero-order valence-electron chi connectivity index (χ0n) is 10.1. The lowest BCUT2D eigenvalue weighted by atomic mass is 10.3. The topological polar surface area (TPSA) is 56.7 Å². The number of benzene rings is 1. The van der Waals surface area contributed by atoms with Crippen LogP contribution in [0.2, 0.25) is 0 Å². The number of pyridine rings is 1. The zero-order chi connectivity index (χ0) is 13.6. The van der Waals surface area contributed by atoms with E-state index < -0.39 is 0 Å². The summed E-state index contributed by atoms with van der Waals surface area (Å²) in [6.07, 6.45) is 0. The third-order valence-electron chi connectivity index (χ3n) is 2.82. The van der Waals surface area contributed by atoms with E-state index in [1.807, 2.05) is 19.1 Å². The Labute approximate surface area is 117 Å². The smallest absolute Gasteiger partial charge is 0.207 e. The van der Waals surface area contributed by atoms with Crippen molar-refractivity contribution < 1.29 is 4.39 Å². The number of halogens is 2. The number of aryl methyl sites for hydroxylation is 1. The van der Waals surface area contributed by atoms with Crippen LogP contribution in [0.25, 0.3) is 16.9 Å². The summed E-state index contributed by atoms with van der Waals surface area (Å²) in [5.41, 5.74) is 8.88. The van der Waals surface area contributed by atoms with Gasteiger partial charge in [0, 0.05) is 10.2 Å². The molecule has 4 nitrogen and oxygen atoms in total. The van der Waals surface area contributed by atoms with Gasteiger partial charge in [0.1, 0.15) is 11.3 Å². The molecule has 0 bridgehead atoms. The van der Waals surface area contributed by atoms with Gasteiger partial charge in [-0.25, -0.2) is 14.4 Å². The monoisotopic (exact) mass is 320 g/mol. The van der Waals surface area contributed by atoms with E-state index in [1.54, 1.807) is 10.6 Å². The van der Waals surface area contributed by atoms with E-state index in [1.165, 1.54) is 12.1 Å². The Morgan fingerprint density at radius 1 is 1.21 bits per heavy atom. The van der Waals surface area contributed by atoms with Crippen LogP contribution in [0.15, 0.2) is 34.8 Å². The fraction of sp³-hybridized carbons (Fsp3) is 0.0769. The van der Waals surface area contributed by atoms with Gasteiger partial charge in [-0.05, 0) is 53.2 Å². The van der Waals surface area contributed by atoms with Crippen molar-refractivity contribution >= 4 is 33.0 Å². The Bertz CT molecular complexity index is 782. The van der Waals surface area contributed by atoms with Crippen molar-refractivity contribution in [2.75, 3.05) is 5.73 Å². The minimum Gasteiger partial charge on any atom is -0.369 e. The average molecular weight is 321 g/mol.